The maximum absolute atomic E-state index is 12.6. The van der Waals surface area contributed by atoms with E-state index in [0.29, 0.717) is 29.1 Å². The van der Waals surface area contributed by atoms with Crippen molar-refractivity contribution in [3.05, 3.63) is 78.1 Å². The van der Waals surface area contributed by atoms with Crippen LogP contribution in [0.3, 0.4) is 0 Å². The molecule has 5 nitrogen and oxygen atoms in total. The zero-order valence-corrected chi connectivity index (χ0v) is 14.3. The number of benzene rings is 2. The molecule has 0 unspecified atom stereocenters. The highest BCUT2D eigenvalue weighted by atomic mass is 16.5. The molecule has 6 heteroatoms. The van der Waals surface area contributed by atoms with Crippen LogP contribution >= 0.6 is 0 Å². The Labute approximate surface area is 153 Å². The van der Waals surface area contributed by atoms with Crippen LogP contribution in [0.5, 0.6) is 11.5 Å². The second kappa shape index (κ2) is 8.20. The Morgan fingerprint density at radius 2 is 1.96 bits per heavy atom. The summed E-state index contributed by atoms with van der Waals surface area (Å²) in [6.07, 6.45) is 3.21. The van der Waals surface area contributed by atoms with Crippen molar-refractivity contribution < 1.29 is 14.3 Å². The lowest BCUT2D eigenvalue weighted by Gasteiger charge is -2.13. The van der Waals surface area contributed by atoms with Crippen LogP contribution in [-0.2, 0) is 6.61 Å². The van der Waals surface area contributed by atoms with Gasteiger partial charge in [0.15, 0.2) is 0 Å². The molecule has 1 amide bonds. The molecule has 1 N–H and O–H groups in total. The highest BCUT2D eigenvalue weighted by Crippen LogP contribution is 2.21. The van der Waals surface area contributed by atoms with E-state index in [4.69, 9.17) is 17.3 Å². The molecule has 0 aliphatic rings. The van der Waals surface area contributed by atoms with Gasteiger partial charge in [0.1, 0.15) is 26.0 Å². The normalized spacial score (nSPS) is 10.2. The molecule has 0 saturated carbocycles. The molecule has 3 aromatic rings. The third-order valence-electron chi connectivity index (χ3n) is 3.72. The van der Waals surface area contributed by atoms with E-state index >= 15 is 0 Å². The van der Waals surface area contributed by atoms with Crippen LogP contribution in [0.4, 0.5) is 5.69 Å². The SMILES string of the molecule is [B]c1ccc(OCc2ccc(OC)cc2)c(C(=O)Nc2cccnc2)c1. The van der Waals surface area contributed by atoms with Gasteiger partial charge in [-0.2, -0.15) is 0 Å². The van der Waals surface area contributed by atoms with Gasteiger partial charge in [-0.25, -0.2) is 0 Å². The molecule has 0 fully saturated rings. The number of ether oxygens (including phenoxy) is 2. The van der Waals surface area contributed by atoms with Crippen molar-refractivity contribution in [3.63, 3.8) is 0 Å². The molecule has 0 aliphatic heterocycles. The minimum absolute atomic E-state index is 0.310. The van der Waals surface area contributed by atoms with Gasteiger partial charge in [0.25, 0.3) is 5.91 Å². The maximum atomic E-state index is 12.6. The molecule has 0 atom stereocenters. The Kier molecular flexibility index (Phi) is 5.54. The Bertz CT molecular complexity index is 883. The summed E-state index contributed by atoms with van der Waals surface area (Å²) in [6, 6.07) is 16.0. The van der Waals surface area contributed by atoms with Crippen molar-refractivity contribution >= 4 is 24.9 Å². The number of amides is 1. The van der Waals surface area contributed by atoms with Gasteiger partial charge in [-0.3, -0.25) is 9.78 Å². The fraction of sp³-hybridized carbons (Fsp3) is 0.100. The van der Waals surface area contributed by atoms with E-state index in [1.807, 2.05) is 24.3 Å². The second-order valence-electron chi connectivity index (χ2n) is 5.59. The molecule has 0 spiro atoms. The van der Waals surface area contributed by atoms with E-state index in [2.05, 4.69) is 10.3 Å². The van der Waals surface area contributed by atoms with Crippen LogP contribution in [-0.4, -0.2) is 25.8 Å². The van der Waals surface area contributed by atoms with Crippen LogP contribution in [0, 0.1) is 0 Å². The number of aromatic nitrogens is 1. The highest BCUT2D eigenvalue weighted by molar-refractivity contribution is 6.33. The third-order valence-corrected chi connectivity index (χ3v) is 3.72. The lowest BCUT2D eigenvalue weighted by molar-refractivity contribution is 0.102. The van der Waals surface area contributed by atoms with Gasteiger partial charge in [0.2, 0.25) is 0 Å². The average molecular weight is 344 g/mol. The minimum atomic E-state index is -0.310. The molecule has 26 heavy (non-hydrogen) atoms. The summed E-state index contributed by atoms with van der Waals surface area (Å²) in [7, 11) is 7.45. The molecular weight excluding hydrogens is 327 g/mol. The topological polar surface area (TPSA) is 60.5 Å². The quantitative estimate of drug-likeness (QED) is 0.699. The van der Waals surface area contributed by atoms with Gasteiger partial charge < -0.3 is 14.8 Å². The number of carbonyl (C=O) groups is 1. The predicted molar refractivity (Wildman–Crippen MR) is 101 cm³/mol. The number of methoxy groups -OCH3 is 1. The van der Waals surface area contributed by atoms with Crippen molar-refractivity contribution in [2.75, 3.05) is 12.4 Å². The summed E-state index contributed by atoms with van der Waals surface area (Å²) >= 11 is 0. The van der Waals surface area contributed by atoms with Gasteiger partial charge in [-0.05, 0) is 35.9 Å². The fourth-order valence-corrected chi connectivity index (χ4v) is 2.37. The molecular formula is C20H17BN2O3. The molecule has 1 aromatic heterocycles. The molecule has 0 saturated heterocycles. The first-order valence-corrected chi connectivity index (χ1v) is 8.02. The van der Waals surface area contributed by atoms with Gasteiger partial charge >= 0.3 is 0 Å². The predicted octanol–water partition coefficient (Wildman–Crippen LogP) is 2.72. The van der Waals surface area contributed by atoms with Crippen LogP contribution < -0.4 is 20.3 Å². The summed E-state index contributed by atoms with van der Waals surface area (Å²) in [6.45, 7) is 0.321. The summed E-state index contributed by atoms with van der Waals surface area (Å²) in [5, 5.41) is 2.79. The second-order valence-corrected chi connectivity index (χ2v) is 5.59. The van der Waals surface area contributed by atoms with E-state index in [-0.39, 0.29) is 5.91 Å². The smallest absolute Gasteiger partial charge is 0.259 e. The van der Waals surface area contributed by atoms with Gasteiger partial charge in [0, 0.05) is 6.20 Å². The molecule has 2 aromatic carbocycles. The largest absolute Gasteiger partial charge is 0.497 e. The maximum Gasteiger partial charge on any atom is 0.259 e. The summed E-state index contributed by atoms with van der Waals surface area (Å²) in [4.78, 5) is 16.6. The molecule has 128 valence electrons. The molecule has 2 radical (unpaired) electrons. The first kappa shape index (κ1) is 17.5. The van der Waals surface area contributed by atoms with Gasteiger partial charge in [0.05, 0.1) is 24.6 Å². The Balaban J connectivity index is 1.75. The Morgan fingerprint density at radius 1 is 1.15 bits per heavy atom. The molecule has 0 aliphatic carbocycles. The summed E-state index contributed by atoms with van der Waals surface area (Å²) in [5.74, 6) is 0.921. The van der Waals surface area contributed by atoms with E-state index in [1.165, 1.54) is 0 Å². The van der Waals surface area contributed by atoms with Crippen molar-refractivity contribution in [2.24, 2.45) is 0 Å². The molecule has 3 rings (SSSR count). The van der Waals surface area contributed by atoms with Crippen LogP contribution in [0.15, 0.2) is 67.0 Å². The fourth-order valence-electron chi connectivity index (χ4n) is 2.37. The standard InChI is InChI=1S/C20H17BN2O3/c1-25-17-7-4-14(5-8-17)13-26-19-9-6-15(21)11-18(19)20(24)23-16-3-2-10-22-12-16/h2-12H,13H2,1H3,(H,23,24). The lowest BCUT2D eigenvalue weighted by atomic mass is 9.93. The zero-order chi connectivity index (χ0) is 18.4. The Hall–Kier alpha value is -3.28. The first-order valence-electron chi connectivity index (χ1n) is 8.02. The van der Waals surface area contributed by atoms with Crippen molar-refractivity contribution in [1.82, 2.24) is 4.98 Å². The van der Waals surface area contributed by atoms with Crippen LogP contribution in [0.1, 0.15) is 15.9 Å². The lowest BCUT2D eigenvalue weighted by Crippen LogP contribution is -2.17. The molecule has 1 heterocycles. The van der Waals surface area contributed by atoms with E-state index in [1.54, 1.807) is 49.8 Å². The van der Waals surface area contributed by atoms with Crippen molar-refractivity contribution in [3.8, 4) is 11.5 Å². The summed E-state index contributed by atoms with van der Waals surface area (Å²) < 4.78 is 11.0. The zero-order valence-electron chi connectivity index (χ0n) is 14.3. The number of hydrogen-bond donors (Lipinski definition) is 1. The van der Waals surface area contributed by atoms with E-state index < -0.39 is 0 Å². The number of nitrogens with zero attached hydrogens (tertiary/aromatic N) is 1. The van der Waals surface area contributed by atoms with Gasteiger partial charge in [-0.15, -0.1) is 0 Å². The van der Waals surface area contributed by atoms with Crippen LogP contribution in [0.25, 0.3) is 0 Å². The number of carbonyl (C=O) groups excluding carboxylic acids is 1. The highest BCUT2D eigenvalue weighted by Gasteiger charge is 2.13. The van der Waals surface area contributed by atoms with Crippen molar-refractivity contribution in [2.45, 2.75) is 6.61 Å². The first-order chi connectivity index (χ1) is 12.7. The van der Waals surface area contributed by atoms with E-state index in [9.17, 15) is 4.79 Å². The Morgan fingerprint density at radius 3 is 2.65 bits per heavy atom. The van der Waals surface area contributed by atoms with Gasteiger partial charge in [-0.1, -0.05) is 29.7 Å². The summed E-state index contributed by atoms with van der Waals surface area (Å²) in [5.41, 5.74) is 2.41. The number of hydrogen-bond acceptors (Lipinski definition) is 4. The van der Waals surface area contributed by atoms with Crippen molar-refractivity contribution in [1.29, 1.82) is 0 Å². The monoisotopic (exact) mass is 344 g/mol. The third kappa shape index (κ3) is 4.42. The van der Waals surface area contributed by atoms with E-state index in [0.717, 1.165) is 11.3 Å². The number of pyridine rings is 1. The minimum Gasteiger partial charge on any atom is -0.497 e. The molecule has 0 bridgehead atoms. The number of anilines is 1. The van der Waals surface area contributed by atoms with Crippen LogP contribution in [0.2, 0.25) is 0 Å². The number of nitrogens with one attached hydrogen (secondary N) is 1. The average Bonchev–Trinajstić information content (AvgIpc) is 2.68. The number of rotatable bonds is 6.